The van der Waals surface area contributed by atoms with Gasteiger partial charge >= 0.3 is 0 Å². The van der Waals surface area contributed by atoms with Gasteiger partial charge in [0.05, 0.1) is 5.69 Å². The molecule has 0 saturated carbocycles. The van der Waals surface area contributed by atoms with Gasteiger partial charge in [-0.1, -0.05) is 5.16 Å². The molecule has 15 heavy (non-hydrogen) atoms. The molecule has 84 valence electrons. The van der Waals surface area contributed by atoms with Crippen LogP contribution < -0.4 is 10.6 Å². The van der Waals surface area contributed by atoms with Crippen LogP contribution in [0.1, 0.15) is 29.9 Å². The van der Waals surface area contributed by atoms with Gasteiger partial charge in [0.15, 0.2) is 0 Å². The maximum Gasteiger partial charge on any atom is 0.138 e. The first-order valence-corrected chi connectivity index (χ1v) is 5.63. The molecular weight excluding hydrogens is 190 g/mol. The van der Waals surface area contributed by atoms with Gasteiger partial charge in [-0.2, -0.15) is 0 Å². The highest BCUT2D eigenvalue weighted by molar-refractivity contribution is 5.20. The van der Waals surface area contributed by atoms with E-state index in [0.717, 1.165) is 31.1 Å². The summed E-state index contributed by atoms with van der Waals surface area (Å²) in [6.07, 6.45) is 2.52. The molecule has 1 aliphatic heterocycles. The van der Waals surface area contributed by atoms with Crippen LogP contribution in [0.2, 0.25) is 0 Å². The Kier molecular flexibility index (Phi) is 3.38. The van der Waals surface area contributed by atoms with Gasteiger partial charge in [0.1, 0.15) is 5.76 Å². The Morgan fingerprint density at radius 2 is 2.40 bits per heavy atom. The quantitative estimate of drug-likeness (QED) is 0.783. The summed E-state index contributed by atoms with van der Waals surface area (Å²) < 4.78 is 5.13. The number of nitrogens with one attached hydrogen (secondary N) is 2. The third-order valence-corrected chi connectivity index (χ3v) is 3.05. The Morgan fingerprint density at radius 3 is 3.00 bits per heavy atom. The van der Waals surface area contributed by atoms with Crippen LogP contribution in [0.15, 0.2) is 4.52 Å². The fourth-order valence-electron chi connectivity index (χ4n) is 2.03. The molecule has 1 unspecified atom stereocenters. The molecule has 0 aliphatic carbocycles. The average molecular weight is 209 g/mol. The topological polar surface area (TPSA) is 50.1 Å². The molecule has 0 aromatic carbocycles. The minimum Gasteiger partial charge on any atom is -0.361 e. The number of hydrogen-bond donors (Lipinski definition) is 2. The summed E-state index contributed by atoms with van der Waals surface area (Å²) in [7, 11) is 0. The highest BCUT2D eigenvalue weighted by Crippen LogP contribution is 2.12. The van der Waals surface area contributed by atoms with Crippen LogP contribution in [0.3, 0.4) is 0 Å². The molecule has 0 radical (unpaired) electrons. The lowest BCUT2D eigenvalue weighted by Crippen LogP contribution is -2.42. The van der Waals surface area contributed by atoms with Crippen molar-refractivity contribution in [2.75, 3.05) is 13.1 Å². The van der Waals surface area contributed by atoms with E-state index in [1.54, 1.807) is 0 Å². The minimum absolute atomic E-state index is 0.590. The largest absolute Gasteiger partial charge is 0.361 e. The molecule has 0 spiro atoms. The molecular formula is C11H19N3O. The summed E-state index contributed by atoms with van der Waals surface area (Å²) in [5.74, 6) is 0.934. The van der Waals surface area contributed by atoms with Crippen LogP contribution >= 0.6 is 0 Å². The highest BCUT2D eigenvalue weighted by atomic mass is 16.5. The first-order valence-electron chi connectivity index (χ1n) is 5.63. The fourth-order valence-corrected chi connectivity index (χ4v) is 2.03. The lowest BCUT2D eigenvalue weighted by Gasteiger charge is -2.23. The van der Waals surface area contributed by atoms with Crippen LogP contribution in [0.5, 0.6) is 0 Å². The summed E-state index contributed by atoms with van der Waals surface area (Å²) >= 11 is 0. The maximum atomic E-state index is 5.13. The predicted molar refractivity (Wildman–Crippen MR) is 58.7 cm³/mol. The van der Waals surface area contributed by atoms with Gasteiger partial charge < -0.3 is 15.2 Å². The molecule has 1 aromatic heterocycles. The van der Waals surface area contributed by atoms with Crippen molar-refractivity contribution >= 4 is 0 Å². The minimum atomic E-state index is 0.590. The number of rotatable bonds is 3. The van der Waals surface area contributed by atoms with Crippen molar-refractivity contribution in [3.05, 3.63) is 17.0 Å². The first-order chi connectivity index (χ1) is 7.27. The Balaban J connectivity index is 1.87. The molecule has 1 aromatic rings. The molecule has 4 nitrogen and oxygen atoms in total. The summed E-state index contributed by atoms with van der Waals surface area (Å²) in [6, 6.07) is 0.590. The molecule has 2 rings (SSSR count). The van der Waals surface area contributed by atoms with Gasteiger partial charge in [0, 0.05) is 24.7 Å². The summed E-state index contributed by atoms with van der Waals surface area (Å²) in [5.41, 5.74) is 2.21. The molecule has 1 fully saturated rings. The average Bonchev–Trinajstić information content (AvgIpc) is 2.58. The van der Waals surface area contributed by atoms with E-state index in [1.807, 2.05) is 13.8 Å². The standard InChI is InChI=1S/C11H19N3O/c1-8-11(9(2)15-14-8)7-13-10-4-3-5-12-6-10/h10,12-13H,3-7H2,1-2H3. The van der Waals surface area contributed by atoms with Gasteiger partial charge in [-0.05, 0) is 33.2 Å². The first kappa shape index (κ1) is 10.6. The van der Waals surface area contributed by atoms with E-state index < -0.39 is 0 Å². The molecule has 1 atom stereocenters. The van der Waals surface area contributed by atoms with Crippen molar-refractivity contribution in [3.63, 3.8) is 0 Å². The van der Waals surface area contributed by atoms with Crippen LogP contribution in [-0.4, -0.2) is 24.3 Å². The monoisotopic (exact) mass is 209 g/mol. The zero-order valence-corrected chi connectivity index (χ0v) is 9.47. The van der Waals surface area contributed by atoms with E-state index in [-0.39, 0.29) is 0 Å². The van der Waals surface area contributed by atoms with E-state index in [2.05, 4.69) is 15.8 Å². The third kappa shape index (κ3) is 2.58. The molecule has 4 heteroatoms. The van der Waals surface area contributed by atoms with E-state index in [9.17, 15) is 0 Å². The molecule has 0 bridgehead atoms. The van der Waals surface area contributed by atoms with E-state index in [4.69, 9.17) is 4.52 Å². The summed E-state index contributed by atoms with van der Waals surface area (Å²) in [5, 5.41) is 10.9. The van der Waals surface area contributed by atoms with Crippen molar-refractivity contribution in [2.24, 2.45) is 0 Å². The molecule has 1 aliphatic rings. The van der Waals surface area contributed by atoms with Gasteiger partial charge in [-0.25, -0.2) is 0 Å². The Hall–Kier alpha value is -0.870. The number of piperidine rings is 1. The molecule has 2 N–H and O–H groups in total. The van der Waals surface area contributed by atoms with E-state index in [0.29, 0.717) is 6.04 Å². The van der Waals surface area contributed by atoms with Crippen LogP contribution in [0.25, 0.3) is 0 Å². The highest BCUT2D eigenvalue weighted by Gasteiger charge is 2.14. The molecule has 2 heterocycles. The Morgan fingerprint density at radius 1 is 1.53 bits per heavy atom. The molecule has 0 amide bonds. The van der Waals surface area contributed by atoms with Crippen molar-refractivity contribution in [1.82, 2.24) is 15.8 Å². The molecule has 1 saturated heterocycles. The number of aryl methyl sites for hydroxylation is 2. The second kappa shape index (κ2) is 4.77. The second-order valence-electron chi connectivity index (χ2n) is 4.23. The van der Waals surface area contributed by atoms with E-state index >= 15 is 0 Å². The number of nitrogens with zero attached hydrogens (tertiary/aromatic N) is 1. The number of aromatic nitrogens is 1. The number of hydrogen-bond acceptors (Lipinski definition) is 4. The normalized spacial score (nSPS) is 21.9. The van der Waals surface area contributed by atoms with Crippen molar-refractivity contribution in [2.45, 2.75) is 39.3 Å². The van der Waals surface area contributed by atoms with Crippen molar-refractivity contribution in [3.8, 4) is 0 Å². The van der Waals surface area contributed by atoms with Crippen LogP contribution in [-0.2, 0) is 6.54 Å². The van der Waals surface area contributed by atoms with Crippen molar-refractivity contribution < 1.29 is 4.52 Å². The van der Waals surface area contributed by atoms with Crippen LogP contribution in [0, 0.1) is 13.8 Å². The Labute approximate surface area is 90.4 Å². The van der Waals surface area contributed by atoms with E-state index in [1.165, 1.54) is 18.4 Å². The SMILES string of the molecule is Cc1noc(C)c1CNC1CCCNC1. The van der Waals surface area contributed by atoms with Gasteiger partial charge in [0.25, 0.3) is 0 Å². The van der Waals surface area contributed by atoms with Gasteiger partial charge in [0.2, 0.25) is 0 Å². The fraction of sp³-hybridized carbons (Fsp3) is 0.727. The van der Waals surface area contributed by atoms with Gasteiger partial charge in [-0.15, -0.1) is 0 Å². The Bertz CT molecular complexity index is 296. The zero-order chi connectivity index (χ0) is 10.7. The smallest absolute Gasteiger partial charge is 0.138 e. The van der Waals surface area contributed by atoms with Crippen LogP contribution in [0.4, 0.5) is 0 Å². The second-order valence-corrected chi connectivity index (χ2v) is 4.23. The summed E-state index contributed by atoms with van der Waals surface area (Å²) in [6.45, 7) is 7.06. The third-order valence-electron chi connectivity index (χ3n) is 3.05. The zero-order valence-electron chi connectivity index (χ0n) is 9.47. The predicted octanol–water partition coefficient (Wildman–Crippen LogP) is 1.13. The summed E-state index contributed by atoms with van der Waals surface area (Å²) in [4.78, 5) is 0. The lowest BCUT2D eigenvalue weighted by molar-refractivity contribution is 0.381. The van der Waals surface area contributed by atoms with Gasteiger partial charge in [-0.3, -0.25) is 0 Å². The lowest BCUT2D eigenvalue weighted by atomic mass is 10.1. The van der Waals surface area contributed by atoms with Crippen molar-refractivity contribution in [1.29, 1.82) is 0 Å². The maximum absolute atomic E-state index is 5.13.